The number of nitrogens with one attached hydrogen (secondary N) is 2. The zero-order valence-electron chi connectivity index (χ0n) is 18.6. The lowest BCUT2D eigenvalue weighted by Crippen LogP contribution is -2.32. The Hall–Kier alpha value is -4.38. The van der Waals surface area contributed by atoms with Gasteiger partial charge in [-0.25, -0.2) is 0 Å². The number of benzene rings is 2. The third kappa shape index (κ3) is 5.28. The molecule has 0 fully saturated rings. The van der Waals surface area contributed by atoms with Crippen molar-refractivity contribution < 1.29 is 19.1 Å². The molecule has 2 N–H and O–H groups in total. The summed E-state index contributed by atoms with van der Waals surface area (Å²) >= 11 is 0. The van der Waals surface area contributed by atoms with Gasteiger partial charge in [-0.15, -0.1) is 0 Å². The molecule has 0 aliphatic carbocycles. The molecule has 1 heterocycles. The van der Waals surface area contributed by atoms with Gasteiger partial charge in [0.15, 0.2) is 6.61 Å². The van der Waals surface area contributed by atoms with Gasteiger partial charge in [-0.2, -0.15) is 5.26 Å². The number of nitriles is 1. The van der Waals surface area contributed by atoms with E-state index in [0.29, 0.717) is 16.9 Å². The van der Waals surface area contributed by atoms with Gasteiger partial charge < -0.3 is 15.4 Å². The second-order valence-electron chi connectivity index (χ2n) is 7.42. The minimum atomic E-state index is -0.751. The lowest BCUT2D eigenvalue weighted by atomic mass is 10.1. The molecule has 0 radical (unpaired) electrons. The number of hydrogen-bond donors (Lipinski definition) is 2. The van der Waals surface area contributed by atoms with Crippen LogP contribution in [0.3, 0.4) is 0 Å². The monoisotopic (exact) mass is 444 g/mol. The number of ether oxygens (including phenoxy) is 1. The maximum Gasteiger partial charge on any atom is 0.325 e. The Labute approximate surface area is 191 Å². The molecule has 8 nitrogen and oxygen atoms in total. The van der Waals surface area contributed by atoms with Crippen LogP contribution >= 0.6 is 0 Å². The number of carbonyl (C=O) groups is 3. The Bertz CT molecular complexity index is 1240. The van der Waals surface area contributed by atoms with E-state index in [-0.39, 0.29) is 6.54 Å². The summed E-state index contributed by atoms with van der Waals surface area (Å²) < 4.78 is 6.76. The molecule has 3 rings (SSSR count). The quantitative estimate of drug-likeness (QED) is 0.544. The van der Waals surface area contributed by atoms with Crippen LogP contribution in [0.1, 0.15) is 32.7 Å². The second kappa shape index (κ2) is 10.3. The molecule has 2 amide bonds. The van der Waals surface area contributed by atoms with Gasteiger partial charge in [-0.1, -0.05) is 36.4 Å². The van der Waals surface area contributed by atoms with Crippen molar-refractivity contribution in [2.24, 2.45) is 0 Å². The first-order valence-corrected chi connectivity index (χ1v) is 10.3. The molecule has 0 aliphatic heterocycles. The van der Waals surface area contributed by atoms with Gasteiger partial charge in [0.2, 0.25) is 0 Å². The molecule has 0 aliphatic rings. The summed E-state index contributed by atoms with van der Waals surface area (Å²) in [7, 11) is 0. The average molecular weight is 444 g/mol. The van der Waals surface area contributed by atoms with Gasteiger partial charge in [0.25, 0.3) is 11.8 Å². The maximum atomic E-state index is 12.5. The molecule has 0 saturated heterocycles. The van der Waals surface area contributed by atoms with Crippen molar-refractivity contribution in [1.29, 1.82) is 5.26 Å². The van der Waals surface area contributed by atoms with Crippen LogP contribution in [0.25, 0.3) is 5.69 Å². The van der Waals surface area contributed by atoms with Gasteiger partial charge in [0.05, 0.1) is 5.56 Å². The minimum absolute atomic E-state index is 0.313. The van der Waals surface area contributed by atoms with E-state index in [1.54, 1.807) is 36.6 Å². The Morgan fingerprint density at radius 3 is 2.33 bits per heavy atom. The van der Waals surface area contributed by atoms with Gasteiger partial charge in [0.1, 0.15) is 18.4 Å². The van der Waals surface area contributed by atoms with Crippen LogP contribution in [0, 0.1) is 32.1 Å². The summed E-state index contributed by atoms with van der Waals surface area (Å²) in [6.45, 7) is 4.53. The molecule has 2 aromatic carbocycles. The molecular formula is C25H24N4O4. The van der Waals surface area contributed by atoms with E-state index in [0.717, 1.165) is 22.5 Å². The summed E-state index contributed by atoms with van der Waals surface area (Å²) in [6, 6.07) is 18.4. The third-order valence-electron chi connectivity index (χ3n) is 5.24. The topological polar surface area (TPSA) is 113 Å². The summed E-state index contributed by atoms with van der Waals surface area (Å²) in [5, 5.41) is 14.8. The van der Waals surface area contributed by atoms with E-state index in [9.17, 15) is 19.6 Å². The number of para-hydroxylation sites is 1. The van der Waals surface area contributed by atoms with E-state index in [1.165, 1.54) is 0 Å². The number of rotatable bonds is 7. The SMILES string of the molecule is Cc1ccccc1C(=O)NCC(=O)OCC(=O)Nc1c(C#N)c(C)c(C)n1-c1ccccc1. The molecule has 3 aromatic rings. The van der Waals surface area contributed by atoms with Crippen LogP contribution in [0.4, 0.5) is 5.82 Å². The van der Waals surface area contributed by atoms with Crippen LogP contribution in [0.15, 0.2) is 54.6 Å². The summed E-state index contributed by atoms with van der Waals surface area (Å²) in [6.07, 6.45) is 0. The highest BCUT2D eigenvalue weighted by atomic mass is 16.5. The first-order valence-electron chi connectivity index (χ1n) is 10.3. The Morgan fingerprint density at radius 2 is 1.67 bits per heavy atom. The van der Waals surface area contributed by atoms with Crippen molar-refractivity contribution in [2.45, 2.75) is 20.8 Å². The van der Waals surface area contributed by atoms with Crippen molar-refractivity contribution in [3.63, 3.8) is 0 Å². The zero-order chi connectivity index (χ0) is 24.0. The number of esters is 1. The summed E-state index contributed by atoms with van der Waals surface area (Å²) in [4.78, 5) is 36.7. The van der Waals surface area contributed by atoms with Crippen molar-refractivity contribution in [1.82, 2.24) is 9.88 Å². The van der Waals surface area contributed by atoms with Gasteiger partial charge >= 0.3 is 5.97 Å². The fraction of sp³-hybridized carbons (Fsp3) is 0.200. The van der Waals surface area contributed by atoms with Gasteiger partial charge in [-0.05, 0) is 50.1 Å². The predicted molar refractivity (Wildman–Crippen MR) is 123 cm³/mol. The molecule has 0 bridgehead atoms. The zero-order valence-corrected chi connectivity index (χ0v) is 18.6. The molecule has 0 unspecified atom stereocenters. The molecule has 8 heteroatoms. The van der Waals surface area contributed by atoms with Crippen molar-refractivity contribution in [3.05, 3.63) is 82.5 Å². The number of amides is 2. The molecule has 168 valence electrons. The Balaban J connectivity index is 1.63. The minimum Gasteiger partial charge on any atom is -0.454 e. The Morgan fingerprint density at radius 1 is 1.00 bits per heavy atom. The summed E-state index contributed by atoms with van der Waals surface area (Å²) in [5.74, 6) is -1.44. The van der Waals surface area contributed by atoms with E-state index in [2.05, 4.69) is 16.7 Å². The number of carbonyl (C=O) groups excluding carboxylic acids is 3. The molecule has 0 spiro atoms. The van der Waals surface area contributed by atoms with Crippen LogP contribution in [0.5, 0.6) is 0 Å². The van der Waals surface area contributed by atoms with E-state index in [1.807, 2.05) is 43.3 Å². The Kier molecular flexibility index (Phi) is 7.26. The van der Waals surface area contributed by atoms with E-state index in [4.69, 9.17) is 4.74 Å². The lowest BCUT2D eigenvalue weighted by Gasteiger charge is -2.13. The first kappa shape index (κ1) is 23.3. The van der Waals surface area contributed by atoms with Crippen LogP contribution < -0.4 is 10.6 Å². The van der Waals surface area contributed by atoms with Crippen molar-refractivity contribution in [3.8, 4) is 11.8 Å². The molecule has 0 atom stereocenters. The highest BCUT2D eigenvalue weighted by molar-refractivity contribution is 5.97. The number of aryl methyl sites for hydroxylation is 1. The number of aromatic nitrogens is 1. The summed E-state index contributed by atoms with van der Waals surface area (Å²) in [5.41, 5.74) is 3.91. The van der Waals surface area contributed by atoms with E-state index < -0.39 is 24.4 Å². The smallest absolute Gasteiger partial charge is 0.325 e. The molecule has 33 heavy (non-hydrogen) atoms. The first-order chi connectivity index (χ1) is 15.8. The van der Waals surface area contributed by atoms with Crippen molar-refractivity contribution in [2.75, 3.05) is 18.5 Å². The largest absolute Gasteiger partial charge is 0.454 e. The number of nitrogens with zero attached hydrogens (tertiary/aromatic N) is 2. The second-order valence-corrected chi connectivity index (χ2v) is 7.42. The highest BCUT2D eigenvalue weighted by Crippen LogP contribution is 2.29. The van der Waals surface area contributed by atoms with Crippen LogP contribution in [0.2, 0.25) is 0 Å². The van der Waals surface area contributed by atoms with E-state index >= 15 is 0 Å². The average Bonchev–Trinajstić information content (AvgIpc) is 3.05. The standard InChI is InChI=1S/C25H24N4O4/c1-16-9-7-8-12-20(16)25(32)27-14-23(31)33-15-22(30)28-24-21(13-26)17(2)18(3)29(24)19-10-5-4-6-11-19/h4-12H,14-15H2,1-3H3,(H,27,32)(H,28,30). The predicted octanol–water partition coefficient (Wildman–Crippen LogP) is 3.19. The fourth-order valence-corrected chi connectivity index (χ4v) is 3.40. The maximum absolute atomic E-state index is 12.5. The van der Waals surface area contributed by atoms with Gasteiger partial charge in [-0.3, -0.25) is 19.0 Å². The fourth-order valence-electron chi connectivity index (χ4n) is 3.40. The van der Waals surface area contributed by atoms with Gasteiger partial charge in [0, 0.05) is 16.9 Å². The lowest BCUT2D eigenvalue weighted by molar-refractivity contribution is -0.146. The van der Waals surface area contributed by atoms with Crippen molar-refractivity contribution >= 4 is 23.6 Å². The van der Waals surface area contributed by atoms with Crippen LogP contribution in [-0.2, 0) is 14.3 Å². The number of anilines is 1. The highest BCUT2D eigenvalue weighted by Gasteiger charge is 2.21. The van der Waals surface area contributed by atoms with Crippen LogP contribution in [-0.4, -0.2) is 35.5 Å². The molecule has 1 aromatic heterocycles. The third-order valence-corrected chi connectivity index (χ3v) is 5.24. The normalized spacial score (nSPS) is 10.2. The number of hydrogen-bond acceptors (Lipinski definition) is 5. The molecule has 0 saturated carbocycles. The molecular weight excluding hydrogens is 420 g/mol.